The molecule has 15 heteroatoms. The quantitative estimate of drug-likeness (QED) is 0.140. The Bertz CT molecular complexity index is 613. The number of primary amides is 1. The summed E-state index contributed by atoms with van der Waals surface area (Å²) in [6, 6.07) is 0. The molecule has 11 atom stereocenters. The molecule has 2 aliphatic heterocycles. The smallest absolute Gasteiger partial charge is 0.404 e. The number of aliphatic hydroxyl groups excluding tert-OH is 8. The molecular weight excluding hydrogens is 440 g/mol. The van der Waals surface area contributed by atoms with Crippen LogP contribution in [0.4, 0.5) is 4.79 Å². The molecule has 0 bridgehead atoms. The lowest BCUT2D eigenvalue weighted by Gasteiger charge is -2.57. The van der Waals surface area contributed by atoms with Gasteiger partial charge in [0.15, 0.2) is 11.7 Å². The van der Waals surface area contributed by atoms with Gasteiger partial charge in [-0.05, 0) is 0 Å². The number of amides is 1. The Hall–Kier alpha value is -1.21. The van der Waals surface area contributed by atoms with E-state index in [2.05, 4.69) is 0 Å². The van der Waals surface area contributed by atoms with E-state index in [1.807, 2.05) is 0 Å². The van der Waals surface area contributed by atoms with Crippen LogP contribution in [0, 0.1) is 0 Å². The monoisotopic (exact) mass is 472 g/mol. The van der Waals surface area contributed by atoms with Crippen LogP contribution in [-0.4, -0.2) is 147 Å². The van der Waals surface area contributed by atoms with Gasteiger partial charge in [0.2, 0.25) is 0 Å². The van der Waals surface area contributed by atoms with E-state index in [1.165, 1.54) is 0 Å². The Kier molecular flexibility index (Phi) is 9.53. The maximum Gasteiger partial charge on any atom is 0.404 e. The van der Waals surface area contributed by atoms with Crippen molar-refractivity contribution >= 4 is 6.09 Å². The molecule has 15 nitrogen and oxygen atoms in total. The molecule has 2 unspecified atom stereocenters. The third-order valence-corrected chi connectivity index (χ3v) is 5.67. The minimum atomic E-state index is -2.51. The second-order valence-electron chi connectivity index (χ2n) is 7.66. The molecule has 2 heterocycles. The van der Waals surface area contributed by atoms with Gasteiger partial charge in [-0.2, -0.15) is 0 Å². The average Bonchev–Trinajstić information content (AvgIpc) is 2.76. The minimum Gasteiger partial charge on any atom is -0.441 e. The fraction of sp³-hybridized carbons (Fsp3) is 0.941. The zero-order valence-corrected chi connectivity index (χ0v) is 17.1. The molecular formula is C17H32N2O13. The van der Waals surface area contributed by atoms with Gasteiger partial charge in [0, 0.05) is 6.54 Å². The van der Waals surface area contributed by atoms with Crippen molar-refractivity contribution < 1.29 is 64.6 Å². The van der Waals surface area contributed by atoms with Crippen LogP contribution in [-0.2, 0) is 18.9 Å². The van der Waals surface area contributed by atoms with Crippen LogP contribution in [0.25, 0.3) is 0 Å². The predicted octanol–water partition coefficient (Wildman–Crippen LogP) is -6.52. The molecule has 0 spiro atoms. The van der Waals surface area contributed by atoms with Crippen molar-refractivity contribution in [1.29, 1.82) is 0 Å². The van der Waals surface area contributed by atoms with E-state index >= 15 is 0 Å². The highest BCUT2D eigenvalue weighted by Gasteiger charge is 2.66. The van der Waals surface area contributed by atoms with Crippen LogP contribution in [0.3, 0.4) is 0 Å². The summed E-state index contributed by atoms with van der Waals surface area (Å²) in [7, 11) is 0. The number of carbonyl (C=O) groups is 1. The van der Waals surface area contributed by atoms with Crippen molar-refractivity contribution in [2.45, 2.75) is 66.6 Å². The zero-order valence-electron chi connectivity index (χ0n) is 17.1. The molecule has 0 radical (unpaired) electrons. The minimum absolute atomic E-state index is 0.0304. The summed E-state index contributed by atoms with van der Waals surface area (Å²) in [4.78, 5) is 11.3. The maximum atomic E-state index is 11.3. The molecule has 188 valence electrons. The molecule has 0 saturated carbocycles. The summed E-state index contributed by atoms with van der Waals surface area (Å²) in [5.74, 6) is 0. The third kappa shape index (κ3) is 4.98. The highest BCUT2D eigenvalue weighted by Crippen LogP contribution is 2.42. The van der Waals surface area contributed by atoms with Gasteiger partial charge in [0.1, 0.15) is 54.9 Å². The average molecular weight is 472 g/mol. The summed E-state index contributed by atoms with van der Waals surface area (Å²) in [5, 5.41) is 82.7. The van der Waals surface area contributed by atoms with Crippen LogP contribution in [0.2, 0.25) is 0 Å². The Morgan fingerprint density at radius 1 is 1.00 bits per heavy atom. The first-order valence-corrected chi connectivity index (χ1v) is 9.94. The van der Waals surface area contributed by atoms with Crippen LogP contribution < -0.4 is 11.5 Å². The maximum absolute atomic E-state index is 11.3. The molecule has 2 rings (SSSR count). The Morgan fingerprint density at radius 2 is 1.62 bits per heavy atom. The number of ether oxygens (including phenoxy) is 4. The van der Waals surface area contributed by atoms with Crippen molar-refractivity contribution in [1.82, 2.24) is 0 Å². The Balaban J connectivity index is 2.55. The molecule has 0 aliphatic carbocycles. The molecule has 12 N–H and O–H groups in total. The molecule has 1 amide bonds. The summed E-state index contributed by atoms with van der Waals surface area (Å²) in [6.45, 7) is -2.27. The van der Waals surface area contributed by atoms with Gasteiger partial charge >= 0.3 is 6.09 Å². The van der Waals surface area contributed by atoms with Gasteiger partial charge < -0.3 is 71.3 Å². The molecule has 2 fully saturated rings. The van der Waals surface area contributed by atoms with Crippen molar-refractivity contribution in [3.8, 4) is 0 Å². The second-order valence-corrected chi connectivity index (χ2v) is 7.66. The summed E-state index contributed by atoms with van der Waals surface area (Å²) in [5.41, 5.74) is 7.83. The number of hydrogen-bond acceptors (Lipinski definition) is 14. The van der Waals surface area contributed by atoms with Gasteiger partial charge in [-0.15, -0.1) is 0 Å². The standard InChI is InChI=1S/C17H32N2O13/c18-1-2-29-5-8(22)17(14(27)11(25)9(23)7(4-21)32-17)15-12(26)13(31-16(19)28)10(24)6(3-20)30-15/h6-15,20-27H,1-5,18H2,(H2,19,28)/t6-,7+,8?,9-,10-,11+,12+,13-,14+,15+,17?/m1/s1. The van der Waals surface area contributed by atoms with Gasteiger partial charge in [-0.3, -0.25) is 0 Å². The zero-order chi connectivity index (χ0) is 24.2. The number of carbonyl (C=O) groups excluding carboxylic acids is 1. The number of hydrogen-bond donors (Lipinski definition) is 10. The number of nitrogens with two attached hydrogens (primary N) is 2. The van der Waals surface area contributed by atoms with Gasteiger partial charge in [0.25, 0.3) is 0 Å². The van der Waals surface area contributed by atoms with Crippen LogP contribution in [0.1, 0.15) is 0 Å². The van der Waals surface area contributed by atoms with Crippen molar-refractivity contribution in [2.75, 3.05) is 33.0 Å². The summed E-state index contributed by atoms with van der Waals surface area (Å²) >= 11 is 0. The van der Waals surface area contributed by atoms with E-state index in [9.17, 15) is 45.6 Å². The van der Waals surface area contributed by atoms with Crippen molar-refractivity contribution in [3.05, 3.63) is 0 Å². The second kappa shape index (κ2) is 11.3. The lowest BCUT2D eigenvalue weighted by atomic mass is 9.73. The van der Waals surface area contributed by atoms with E-state index in [1.54, 1.807) is 0 Å². The first-order chi connectivity index (χ1) is 15.1. The van der Waals surface area contributed by atoms with Gasteiger partial charge in [0.05, 0.1) is 26.4 Å². The predicted molar refractivity (Wildman–Crippen MR) is 101 cm³/mol. The summed E-state index contributed by atoms with van der Waals surface area (Å²) < 4.78 is 21.0. The highest BCUT2D eigenvalue weighted by atomic mass is 16.6. The van der Waals surface area contributed by atoms with Crippen LogP contribution in [0.15, 0.2) is 0 Å². The van der Waals surface area contributed by atoms with Crippen molar-refractivity contribution in [2.24, 2.45) is 11.5 Å². The van der Waals surface area contributed by atoms with Crippen LogP contribution >= 0.6 is 0 Å². The first kappa shape index (κ1) is 27.0. The Morgan fingerprint density at radius 3 is 2.16 bits per heavy atom. The van der Waals surface area contributed by atoms with Crippen molar-refractivity contribution in [3.63, 3.8) is 0 Å². The fourth-order valence-corrected chi connectivity index (χ4v) is 4.06. The van der Waals surface area contributed by atoms with E-state index in [0.29, 0.717) is 0 Å². The van der Waals surface area contributed by atoms with E-state index in [4.69, 9.17) is 30.4 Å². The molecule has 32 heavy (non-hydrogen) atoms. The largest absolute Gasteiger partial charge is 0.441 e. The molecule has 0 aromatic carbocycles. The van der Waals surface area contributed by atoms with E-state index in [-0.39, 0.29) is 13.2 Å². The van der Waals surface area contributed by atoms with Gasteiger partial charge in [-0.1, -0.05) is 0 Å². The highest BCUT2D eigenvalue weighted by molar-refractivity contribution is 5.65. The van der Waals surface area contributed by atoms with E-state index < -0.39 is 92.6 Å². The molecule has 2 saturated heterocycles. The molecule has 0 aromatic heterocycles. The Labute approximate surface area is 182 Å². The molecule has 0 aromatic rings. The number of rotatable bonds is 9. The topological polar surface area (TPSA) is 268 Å². The van der Waals surface area contributed by atoms with E-state index in [0.717, 1.165) is 0 Å². The third-order valence-electron chi connectivity index (χ3n) is 5.67. The van der Waals surface area contributed by atoms with Crippen LogP contribution in [0.5, 0.6) is 0 Å². The fourth-order valence-electron chi connectivity index (χ4n) is 4.06. The number of aliphatic hydroxyl groups is 8. The lowest BCUT2D eigenvalue weighted by Crippen LogP contribution is -2.79. The lowest BCUT2D eigenvalue weighted by molar-refractivity contribution is -0.363. The first-order valence-electron chi connectivity index (χ1n) is 9.94. The van der Waals surface area contributed by atoms with Gasteiger partial charge in [-0.25, -0.2) is 4.79 Å². The SMILES string of the molecule is NCCOCC(O)C1([C@H]2O[C@H](CO)[C@@H](O)[C@@H](OC(N)=O)[C@@H]2O)O[C@@H](CO)[C@@H](O)[C@H](O)[C@@H]1O. The molecule has 2 aliphatic rings. The normalized spacial score (nSPS) is 43.6. The summed E-state index contributed by atoms with van der Waals surface area (Å²) in [6.07, 6.45) is -19.8.